The van der Waals surface area contributed by atoms with Gasteiger partial charge in [0.25, 0.3) is 0 Å². The Kier molecular flexibility index (Phi) is 30.4. The number of likely N-dealkylation sites (N-methyl/N-ethyl adjacent to an activating group) is 2. The summed E-state index contributed by atoms with van der Waals surface area (Å²) in [4.78, 5) is 25.7. The maximum Gasteiger partial charge on any atom is 0.492 e. The van der Waals surface area contributed by atoms with Crippen LogP contribution in [-0.2, 0) is 39.3 Å². The Morgan fingerprint density at radius 2 is 0.655 bits per heavy atom. The molecule has 4 aromatic heterocycles. The van der Waals surface area contributed by atoms with Crippen molar-refractivity contribution in [1.29, 1.82) is 0 Å². The number of fused-ring (bicyclic) bond motifs is 6. The first kappa shape index (κ1) is 86.0. The van der Waals surface area contributed by atoms with Crippen molar-refractivity contribution in [2.75, 3.05) is 75.0 Å². The van der Waals surface area contributed by atoms with Gasteiger partial charge in [-0.15, -0.1) is 0 Å². The van der Waals surface area contributed by atoms with E-state index in [4.69, 9.17) is 18.9 Å². The zero-order valence-corrected chi connectivity index (χ0v) is 69.9. The van der Waals surface area contributed by atoms with Crippen molar-refractivity contribution in [3.05, 3.63) is 371 Å². The summed E-state index contributed by atoms with van der Waals surface area (Å²) in [5, 5.41) is 46.9. The monoisotopic (exact) mass is 1700 g/mol. The van der Waals surface area contributed by atoms with Crippen LogP contribution in [0, 0.1) is 0 Å². The van der Waals surface area contributed by atoms with Gasteiger partial charge in [-0.3, -0.25) is 19.9 Å². The number of benzene rings is 12. The molecular weight excluding hydrogens is 1610 g/mol. The van der Waals surface area contributed by atoms with Crippen LogP contribution in [0.4, 0.5) is 22.7 Å². The first-order valence-electron chi connectivity index (χ1n) is 38.9. The summed E-state index contributed by atoms with van der Waals surface area (Å²) in [6.07, 6.45) is 17.3. The molecule has 6 heterocycles. The molecule has 0 spiro atoms. The van der Waals surface area contributed by atoms with Crippen LogP contribution in [0.3, 0.4) is 0 Å². The smallest absolute Gasteiger partial charge is 0.489 e. The average molecular weight is 1710 g/mol. The number of halogens is 2. The van der Waals surface area contributed by atoms with Gasteiger partial charge in [-0.2, -0.15) is 0 Å². The Labute approximate surface area is 714 Å². The molecule has 18 rings (SSSR count). The second-order valence-corrected chi connectivity index (χ2v) is 30.4. The highest BCUT2D eigenvalue weighted by Crippen LogP contribution is 2.46. The molecule has 0 bridgehead atoms. The van der Waals surface area contributed by atoms with E-state index < -0.39 is 14.2 Å². The maximum absolute atomic E-state index is 9.68. The fourth-order valence-electron chi connectivity index (χ4n) is 14.5. The minimum Gasteiger partial charge on any atom is -0.489 e. The van der Waals surface area contributed by atoms with Crippen molar-refractivity contribution < 1.29 is 39.0 Å². The van der Waals surface area contributed by atoms with Crippen LogP contribution < -0.4 is 49.5 Å². The predicted molar refractivity (Wildman–Crippen MR) is 498 cm³/mol. The summed E-state index contributed by atoms with van der Waals surface area (Å²) in [6.45, 7) is 3.99. The van der Waals surface area contributed by atoms with Crippen LogP contribution in [0.1, 0.15) is 40.8 Å². The Bertz CT molecular complexity index is 5860. The van der Waals surface area contributed by atoms with Crippen molar-refractivity contribution in [1.82, 2.24) is 19.9 Å². The molecule has 0 saturated heterocycles. The van der Waals surface area contributed by atoms with E-state index in [9.17, 15) is 20.1 Å². The SMILES string of the molecule is C.CN(C)c1ccncc1-c1c(OCc2ccccc2)ccc2ccccc12.CN(C)c1ccncc1Br.CN1CCc2cncc(-c3c(OCc4ccccc4)ccc4ccccc34)c21.CN1CCc2cncc(Br)c21.OB(O)c1c(OCc2ccccc2)ccc2ccccc12.OB(O)c1c(OCc2ccccc2)ccc2ccccc12. The van der Waals surface area contributed by atoms with Gasteiger partial charge < -0.3 is 58.6 Å². The second-order valence-electron chi connectivity index (χ2n) is 28.7. The standard InChI is InChI=1S/C25H22N2O.C24H22N2O.2C17H15BO3.C8H9BrN2.C7H9BrN2.CH4/c1-27-14-13-20-15-26-16-22(25(20)27)24-21-10-6-5-9-19(21)11-12-23(24)28-17-18-7-3-2-4-8-18;1-26(2)22-14-15-25-16-21(22)24-20-11-7-6-10-19(20)12-13-23(24)27-17-18-8-4-3-5-9-18;2*19-18(20)17-15-9-5-4-8-14(15)10-11-16(17)21-12-13-6-2-1-3-7-13;1-11-3-2-6-4-10-5-7(9)8(6)11;1-10(2)7-3-4-9-5-6(7)8;/h2-12,15-16H,13-14,17H2,1H3;3-16H,17H2,1-2H3;2*1-11,19-20H,12H2;4-5H,2-3H2,1H3;3-5H,1-2H3;1H4. The van der Waals surface area contributed by atoms with Crippen molar-refractivity contribution >= 4 is 123 Å². The predicted octanol–water partition coefficient (Wildman–Crippen LogP) is 19.6. The molecule has 2 aliphatic rings. The molecule has 0 radical (unpaired) electrons. The number of rotatable bonds is 18. The fourth-order valence-corrected chi connectivity index (χ4v) is 15.7. The lowest BCUT2D eigenvalue weighted by Crippen LogP contribution is -2.32. The van der Waals surface area contributed by atoms with Gasteiger partial charge in [-0.25, -0.2) is 0 Å². The van der Waals surface area contributed by atoms with Gasteiger partial charge in [0.1, 0.15) is 49.4 Å². The molecule has 0 saturated carbocycles. The van der Waals surface area contributed by atoms with Gasteiger partial charge in [0.05, 0.1) is 26.0 Å². The summed E-state index contributed by atoms with van der Waals surface area (Å²) in [5.41, 5.74) is 17.1. The third kappa shape index (κ3) is 21.9. The summed E-state index contributed by atoms with van der Waals surface area (Å²) in [6, 6.07) is 92.0. The van der Waals surface area contributed by atoms with Gasteiger partial charge in [0.15, 0.2) is 0 Å². The van der Waals surface area contributed by atoms with E-state index in [-0.39, 0.29) is 7.43 Å². The maximum atomic E-state index is 9.68. The van der Waals surface area contributed by atoms with E-state index in [0.29, 0.717) is 48.9 Å². The molecule has 600 valence electrons. The van der Waals surface area contributed by atoms with E-state index in [2.05, 4.69) is 192 Å². The molecule has 119 heavy (non-hydrogen) atoms. The number of hydrogen-bond donors (Lipinski definition) is 4. The Hall–Kier alpha value is -12.4. The first-order chi connectivity index (χ1) is 57.6. The van der Waals surface area contributed by atoms with Crippen molar-refractivity contribution in [2.45, 2.75) is 46.7 Å². The third-order valence-electron chi connectivity index (χ3n) is 20.3. The molecule has 4 N–H and O–H groups in total. The summed E-state index contributed by atoms with van der Waals surface area (Å²) in [5.74, 6) is 2.76. The van der Waals surface area contributed by atoms with Gasteiger partial charge in [-0.1, -0.05) is 250 Å². The highest BCUT2D eigenvalue weighted by Gasteiger charge is 2.26. The second kappa shape index (κ2) is 42.1. The number of hydrogen-bond acceptors (Lipinski definition) is 16. The third-order valence-corrected chi connectivity index (χ3v) is 21.5. The Morgan fingerprint density at radius 1 is 0.336 bits per heavy atom. The zero-order chi connectivity index (χ0) is 82.3. The molecule has 0 atom stereocenters. The van der Waals surface area contributed by atoms with Crippen LogP contribution in [0.2, 0.25) is 0 Å². The lowest BCUT2D eigenvalue weighted by atomic mass is 9.76. The molecular formula is C99H96B2Br2N8O8. The average Bonchev–Trinajstić information content (AvgIpc) is 1.71. The van der Waals surface area contributed by atoms with Crippen LogP contribution >= 0.6 is 31.9 Å². The van der Waals surface area contributed by atoms with Gasteiger partial charge in [0.2, 0.25) is 0 Å². The van der Waals surface area contributed by atoms with E-state index in [1.807, 2.05) is 226 Å². The Balaban J connectivity index is 0.000000135. The topological polar surface area (TPSA) is 182 Å². The van der Waals surface area contributed by atoms with E-state index in [1.54, 1.807) is 24.5 Å². The van der Waals surface area contributed by atoms with E-state index >= 15 is 0 Å². The number of ether oxygens (including phenoxy) is 4. The summed E-state index contributed by atoms with van der Waals surface area (Å²) >= 11 is 6.88. The van der Waals surface area contributed by atoms with Crippen molar-refractivity contribution in [3.8, 4) is 45.3 Å². The lowest BCUT2D eigenvalue weighted by Gasteiger charge is -2.20. The molecule has 20 heteroatoms. The van der Waals surface area contributed by atoms with Crippen LogP contribution in [0.15, 0.2) is 338 Å². The number of pyridine rings is 4. The molecule has 0 amide bonds. The van der Waals surface area contributed by atoms with Gasteiger partial charge >= 0.3 is 14.2 Å². The first-order valence-corrected chi connectivity index (χ1v) is 40.5. The van der Waals surface area contributed by atoms with Crippen LogP contribution in [0.25, 0.3) is 65.3 Å². The molecule has 16 aromatic rings. The minimum absolute atomic E-state index is 0. The fraction of sp³-hybridized carbons (Fsp3) is 0.152. The highest BCUT2D eigenvalue weighted by atomic mass is 79.9. The van der Waals surface area contributed by atoms with Crippen molar-refractivity contribution in [2.24, 2.45) is 0 Å². The lowest BCUT2D eigenvalue weighted by molar-refractivity contribution is 0.307. The number of nitrogens with zero attached hydrogens (tertiary/aromatic N) is 8. The Morgan fingerprint density at radius 3 is 1.05 bits per heavy atom. The summed E-state index contributed by atoms with van der Waals surface area (Å²) in [7, 11) is 9.23. The van der Waals surface area contributed by atoms with Crippen LogP contribution in [0.5, 0.6) is 23.0 Å². The highest BCUT2D eigenvalue weighted by molar-refractivity contribution is 9.11. The summed E-state index contributed by atoms with van der Waals surface area (Å²) < 4.78 is 26.3. The van der Waals surface area contributed by atoms with Gasteiger partial charge in [0, 0.05) is 144 Å². The molecule has 0 unspecified atom stereocenters. The van der Waals surface area contributed by atoms with E-state index in [1.165, 1.54) is 44.0 Å². The molecule has 16 nitrogen and oxygen atoms in total. The van der Waals surface area contributed by atoms with Crippen molar-refractivity contribution in [3.63, 3.8) is 0 Å². The van der Waals surface area contributed by atoms with E-state index in [0.717, 1.165) is 124 Å². The molecule has 0 aliphatic carbocycles. The van der Waals surface area contributed by atoms with Gasteiger partial charge in [-0.05, 0) is 158 Å². The largest absolute Gasteiger partial charge is 0.492 e. The quantitative estimate of drug-likeness (QED) is 0.0595. The number of aromatic nitrogens is 4. The number of anilines is 4. The molecule has 0 fully saturated rings. The normalized spacial score (nSPS) is 11.4. The molecule has 2 aliphatic heterocycles. The molecule has 12 aromatic carbocycles. The van der Waals surface area contributed by atoms with Crippen LogP contribution in [-0.4, -0.2) is 110 Å². The zero-order valence-electron chi connectivity index (χ0n) is 66.7. The minimum atomic E-state index is -1.57.